The Bertz CT molecular complexity index is 213. The van der Waals surface area contributed by atoms with Gasteiger partial charge >= 0.3 is 0 Å². The van der Waals surface area contributed by atoms with Crippen molar-refractivity contribution in [2.45, 2.75) is 12.0 Å². The van der Waals surface area contributed by atoms with Gasteiger partial charge in [0.1, 0.15) is 29.1 Å². The summed E-state index contributed by atoms with van der Waals surface area (Å²) in [5.41, 5.74) is -1.24. The minimum absolute atomic E-state index is 0.114. The summed E-state index contributed by atoms with van der Waals surface area (Å²) in [6.07, 6.45) is 10.1. The van der Waals surface area contributed by atoms with Gasteiger partial charge in [-0.2, -0.15) is 5.26 Å². The molecule has 3 heteroatoms. The summed E-state index contributed by atoms with van der Waals surface area (Å²) in [6, 6.07) is 1.81. The molecule has 0 heterocycles. The van der Waals surface area contributed by atoms with Crippen LogP contribution < -0.4 is 0 Å². The zero-order chi connectivity index (χ0) is 8.04. The van der Waals surface area contributed by atoms with Crippen molar-refractivity contribution in [3.63, 3.8) is 0 Å². The van der Waals surface area contributed by atoms with E-state index >= 15 is 0 Å². The van der Waals surface area contributed by atoms with Gasteiger partial charge in [-0.25, -0.2) is 0 Å². The Morgan fingerprint density at radius 3 is 2.30 bits per heavy atom. The van der Waals surface area contributed by atoms with E-state index in [1.807, 2.05) is 6.07 Å². The second kappa shape index (κ2) is 4.17. The Morgan fingerprint density at radius 2 is 2.20 bits per heavy atom. The molecule has 0 aromatic rings. The highest BCUT2D eigenvalue weighted by Gasteiger charge is 2.26. The highest BCUT2D eigenvalue weighted by atomic mass is 127. The highest BCUT2D eigenvalue weighted by Crippen LogP contribution is 2.16. The van der Waals surface area contributed by atoms with Crippen molar-refractivity contribution in [2.75, 3.05) is 0 Å². The molecule has 0 aliphatic rings. The number of rotatable bonds is 2. The number of hydrogen-bond donors (Lipinski definition) is 0. The molecule has 0 saturated heterocycles. The van der Waals surface area contributed by atoms with Gasteiger partial charge in [-0.1, -0.05) is 5.92 Å². The molecule has 50 valence electrons. The Morgan fingerprint density at radius 1 is 1.60 bits per heavy atom. The van der Waals surface area contributed by atoms with Gasteiger partial charge < -0.3 is 0 Å². The largest absolute Gasteiger partial charge is 0.279 e. The smallest absolute Gasteiger partial charge is 0.236 e. The Hall–Kier alpha value is -0.700. The SMILES string of the molecule is C#CCC(C#C)(C#N)OI. The first kappa shape index (κ1) is 9.30. The van der Waals surface area contributed by atoms with Crippen LogP contribution in [0.15, 0.2) is 0 Å². The Balaban J connectivity index is 4.43. The average Bonchev–Trinajstić information content (AvgIpc) is 2.01. The fourth-order valence-corrected chi connectivity index (χ4v) is 0.715. The van der Waals surface area contributed by atoms with Crippen LogP contribution in [0.25, 0.3) is 0 Å². The van der Waals surface area contributed by atoms with Crippen LogP contribution in [0.2, 0.25) is 0 Å². The van der Waals surface area contributed by atoms with Crippen molar-refractivity contribution >= 4 is 23.0 Å². The summed E-state index contributed by atoms with van der Waals surface area (Å²) in [5.74, 6) is 4.45. The van der Waals surface area contributed by atoms with E-state index in [9.17, 15) is 0 Å². The van der Waals surface area contributed by atoms with Crippen molar-refractivity contribution < 1.29 is 3.07 Å². The van der Waals surface area contributed by atoms with Crippen LogP contribution in [0.5, 0.6) is 0 Å². The minimum atomic E-state index is -1.24. The number of terminal acetylenes is 2. The summed E-state index contributed by atoms with van der Waals surface area (Å²) in [7, 11) is 0. The monoisotopic (exact) mass is 245 g/mol. The quantitative estimate of drug-likeness (QED) is 0.542. The van der Waals surface area contributed by atoms with Crippen LogP contribution in [0.1, 0.15) is 6.42 Å². The van der Waals surface area contributed by atoms with Gasteiger partial charge in [0.2, 0.25) is 5.60 Å². The summed E-state index contributed by atoms with van der Waals surface area (Å²) in [5, 5.41) is 8.49. The average molecular weight is 245 g/mol. The molecular formula is C7H4INO. The lowest BCUT2D eigenvalue weighted by Gasteiger charge is -2.11. The van der Waals surface area contributed by atoms with Gasteiger partial charge in [0.25, 0.3) is 0 Å². The lowest BCUT2D eigenvalue weighted by atomic mass is 10.0. The maximum Gasteiger partial charge on any atom is 0.236 e. The molecule has 0 amide bonds. The van der Waals surface area contributed by atoms with Crippen molar-refractivity contribution in [3.05, 3.63) is 0 Å². The summed E-state index contributed by atoms with van der Waals surface area (Å²) >= 11 is 1.57. The fraction of sp³-hybridized carbons (Fsp3) is 0.286. The van der Waals surface area contributed by atoms with Gasteiger partial charge in [0.15, 0.2) is 0 Å². The van der Waals surface area contributed by atoms with Crippen molar-refractivity contribution in [1.29, 1.82) is 5.26 Å². The zero-order valence-corrected chi connectivity index (χ0v) is 7.25. The molecule has 0 aliphatic heterocycles. The molecule has 0 radical (unpaired) electrons. The first-order valence-corrected chi connectivity index (χ1v) is 3.25. The third kappa shape index (κ3) is 1.92. The fourth-order valence-electron chi connectivity index (χ4n) is 0.333. The van der Waals surface area contributed by atoms with E-state index in [4.69, 9.17) is 21.2 Å². The second-order valence-electron chi connectivity index (χ2n) is 1.54. The van der Waals surface area contributed by atoms with E-state index in [1.165, 1.54) is 0 Å². The molecule has 0 saturated carbocycles. The summed E-state index contributed by atoms with van der Waals surface area (Å²) < 4.78 is 4.71. The predicted molar refractivity (Wildman–Crippen MR) is 45.7 cm³/mol. The molecule has 0 fully saturated rings. The van der Waals surface area contributed by atoms with Gasteiger partial charge in [-0.15, -0.1) is 18.8 Å². The first-order valence-electron chi connectivity index (χ1n) is 2.37. The predicted octanol–water partition coefficient (Wildman–Crippen LogP) is 1.27. The molecule has 2 nitrogen and oxygen atoms in total. The van der Waals surface area contributed by atoms with Crippen molar-refractivity contribution in [3.8, 4) is 30.8 Å². The number of nitriles is 1. The van der Waals surface area contributed by atoms with E-state index < -0.39 is 5.60 Å². The zero-order valence-electron chi connectivity index (χ0n) is 5.10. The van der Waals surface area contributed by atoms with E-state index in [2.05, 4.69) is 11.8 Å². The highest BCUT2D eigenvalue weighted by molar-refractivity contribution is 14.1. The van der Waals surface area contributed by atoms with Crippen LogP contribution in [0, 0.1) is 36.0 Å². The lowest BCUT2D eigenvalue weighted by molar-refractivity contribution is 0.278. The van der Waals surface area contributed by atoms with E-state index in [-0.39, 0.29) is 6.42 Å². The summed E-state index contributed by atoms with van der Waals surface area (Å²) in [6.45, 7) is 0. The molecule has 0 rings (SSSR count). The summed E-state index contributed by atoms with van der Waals surface area (Å²) in [4.78, 5) is 0. The molecule has 0 N–H and O–H groups in total. The molecule has 0 aliphatic carbocycles. The van der Waals surface area contributed by atoms with E-state index in [0.717, 1.165) is 0 Å². The third-order valence-electron chi connectivity index (χ3n) is 0.896. The molecule has 0 bridgehead atoms. The third-order valence-corrected chi connectivity index (χ3v) is 1.65. The van der Waals surface area contributed by atoms with Crippen molar-refractivity contribution in [1.82, 2.24) is 0 Å². The van der Waals surface area contributed by atoms with Crippen LogP contribution in [0.3, 0.4) is 0 Å². The minimum Gasteiger partial charge on any atom is -0.279 e. The number of hydrogen-bond acceptors (Lipinski definition) is 2. The molecule has 0 spiro atoms. The van der Waals surface area contributed by atoms with Gasteiger partial charge in [0, 0.05) is 0 Å². The van der Waals surface area contributed by atoms with Crippen LogP contribution in [0.4, 0.5) is 0 Å². The topological polar surface area (TPSA) is 33.0 Å². The lowest BCUT2D eigenvalue weighted by Crippen LogP contribution is -2.23. The maximum atomic E-state index is 8.49. The first-order chi connectivity index (χ1) is 4.74. The van der Waals surface area contributed by atoms with Crippen LogP contribution in [-0.2, 0) is 3.07 Å². The van der Waals surface area contributed by atoms with Gasteiger partial charge in [0.05, 0.1) is 6.42 Å². The number of halogens is 1. The Kier molecular flexibility index (Phi) is 3.88. The normalized spacial score (nSPS) is 13.8. The second-order valence-corrected chi connectivity index (χ2v) is 1.98. The molecule has 1 unspecified atom stereocenters. The number of nitrogens with zero attached hydrogens (tertiary/aromatic N) is 1. The molecule has 1 atom stereocenters. The van der Waals surface area contributed by atoms with E-state index in [0.29, 0.717) is 0 Å². The van der Waals surface area contributed by atoms with Gasteiger partial charge in [-0.05, 0) is 0 Å². The van der Waals surface area contributed by atoms with Crippen LogP contribution in [-0.4, -0.2) is 5.60 Å². The molecule has 0 aromatic heterocycles. The molecule has 0 aromatic carbocycles. The molecule has 10 heavy (non-hydrogen) atoms. The maximum absolute atomic E-state index is 8.49. The standard InChI is InChI=1S/C7H4INO/c1-3-5-7(4-2,6-9)10-8/h1-2H,5H2. The molecular weight excluding hydrogens is 241 g/mol. The van der Waals surface area contributed by atoms with E-state index in [1.54, 1.807) is 23.0 Å². The van der Waals surface area contributed by atoms with Crippen LogP contribution >= 0.6 is 23.0 Å². The Labute approximate surface area is 74.2 Å². The van der Waals surface area contributed by atoms with Gasteiger partial charge in [-0.3, -0.25) is 3.07 Å². The van der Waals surface area contributed by atoms with Crippen molar-refractivity contribution in [2.24, 2.45) is 0 Å².